The number of anilines is 1. The lowest BCUT2D eigenvalue weighted by Crippen LogP contribution is -2.50. The molecule has 2 aliphatic rings. The first kappa shape index (κ1) is 23.5. The average molecular weight is 458 g/mol. The number of hydrogen-bond donors (Lipinski definition) is 1. The van der Waals surface area contributed by atoms with Gasteiger partial charge in [-0.25, -0.2) is 4.98 Å². The standard InChI is InChI=1S/C24H35N5O4/c1-24(2,31)18-27-10-8-26(9-11-27)16-22-25-19(17-33-22)23(30)29-14-12-28(13-15-29)20-6-4-5-7-21(20)32-3/h4-7,17,31H,8-16,18H2,1-3H3. The molecule has 0 bridgehead atoms. The molecule has 0 saturated carbocycles. The zero-order chi connectivity index (χ0) is 23.4. The van der Waals surface area contributed by atoms with E-state index in [0.29, 0.717) is 37.8 Å². The molecule has 2 saturated heterocycles. The summed E-state index contributed by atoms with van der Waals surface area (Å²) in [7, 11) is 1.68. The van der Waals surface area contributed by atoms with Crippen LogP contribution in [0.15, 0.2) is 34.9 Å². The van der Waals surface area contributed by atoms with Crippen molar-refractivity contribution in [2.24, 2.45) is 0 Å². The number of aliphatic hydroxyl groups is 1. The summed E-state index contributed by atoms with van der Waals surface area (Å²) in [5.74, 6) is 1.33. The first-order valence-electron chi connectivity index (χ1n) is 11.6. The fourth-order valence-electron chi connectivity index (χ4n) is 4.53. The molecule has 33 heavy (non-hydrogen) atoms. The van der Waals surface area contributed by atoms with Crippen molar-refractivity contribution in [3.05, 3.63) is 42.1 Å². The van der Waals surface area contributed by atoms with Gasteiger partial charge in [0.15, 0.2) is 5.69 Å². The van der Waals surface area contributed by atoms with E-state index in [9.17, 15) is 9.90 Å². The van der Waals surface area contributed by atoms with E-state index in [4.69, 9.17) is 9.15 Å². The van der Waals surface area contributed by atoms with Gasteiger partial charge >= 0.3 is 0 Å². The topological polar surface area (TPSA) is 85.5 Å². The lowest BCUT2D eigenvalue weighted by molar-refractivity contribution is 0.0156. The summed E-state index contributed by atoms with van der Waals surface area (Å²) in [5.41, 5.74) is 0.744. The zero-order valence-corrected chi connectivity index (χ0v) is 19.9. The van der Waals surface area contributed by atoms with E-state index in [0.717, 1.165) is 50.7 Å². The molecule has 3 heterocycles. The number of rotatable bonds is 7. The highest BCUT2D eigenvalue weighted by Gasteiger charge is 2.27. The maximum absolute atomic E-state index is 13.0. The number of aromatic nitrogens is 1. The molecule has 1 amide bonds. The fraction of sp³-hybridized carbons (Fsp3) is 0.583. The normalized spacial score (nSPS) is 18.5. The van der Waals surface area contributed by atoms with Crippen LogP contribution in [0.4, 0.5) is 5.69 Å². The van der Waals surface area contributed by atoms with Gasteiger partial charge in [0, 0.05) is 58.9 Å². The molecule has 2 aromatic rings. The molecule has 4 rings (SSSR count). The second-order valence-electron chi connectivity index (χ2n) is 9.44. The maximum atomic E-state index is 13.0. The Kier molecular flexibility index (Phi) is 7.21. The number of β-amino-alcohol motifs (C(OH)–C–C–N with tert-alkyl or cyclic N) is 1. The van der Waals surface area contributed by atoms with Gasteiger partial charge in [-0.05, 0) is 26.0 Å². The minimum absolute atomic E-state index is 0.0836. The predicted molar refractivity (Wildman–Crippen MR) is 126 cm³/mol. The summed E-state index contributed by atoms with van der Waals surface area (Å²) >= 11 is 0. The van der Waals surface area contributed by atoms with Crippen molar-refractivity contribution >= 4 is 11.6 Å². The third-order valence-electron chi connectivity index (χ3n) is 6.20. The molecule has 180 valence electrons. The van der Waals surface area contributed by atoms with Crippen molar-refractivity contribution in [3.63, 3.8) is 0 Å². The van der Waals surface area contributed by atoms with Crippen LogP contribution >= 0.6 is 0 Å². The lowest BCUT2D eigenvalue weighted by atomic mass is 10.1. The van der Waals surface area contributed by atoms with Crippen molar-refractivity contribution in [2.75, 3.05) is 70.9 Å². The Hall–Kier alpha value is -2.62. The molecule has 2 fully saturated rings. The Balaban J connectivity index is 1.27. The Labute approximate surface area is 195 Å². The number of ether oxygens (including phenoxy) is 1. The molecular formula is C24H35N5O4. The summed E-state index contributed by atoms with van der Waals surface area (Å²) in [5, 5.41) is 10.0. The molecule has 1 aromatic heterocycles. The molecule has 1 aromatic carbocycles. The van der Waals surface area contributed by atoms with Crippen LogP contribution in [-0.4, -0.2) is 102 Å². The number of carbonyl (C=O) groups is 1. The number of nitrogens with zero attached hydrogens (tertiary/aromatic N) is 5. The quantitative estimate of drug-likeness (QED) is 0.670. The van der Waals surface area contributed by atoms with Gasteiger partial charge < -0.3 is 24.1 Å². The SMILES string of the molecule is COc1ccccc1N1CCN(C(=O)c2coc(CN3CCN(CC(C)(C)O)CC3)n2)CC1. The monoisotopic (exact) mass is 457 g/mol. The Morgan fingerprint density at radius 1 is 1.06 bits per heavy atom. The number of piperazine rings is 2. The summed E-state index contributed by atoms with van der Waals surface area (Å²) in [6.45, 7) is 11.2. The van der Waals surface area contributed by atoms with Gasteiger partial charge in [-0.3, -0.25) is 14.6 Å². The van der Waals surface area contributed by atoms with Crippen molar-refractivity contribution in [1.82, 2.24) is 19.7 Å². The molecule has 1 N–H and O–H groups in total. The van der Waals surface area contributed by atoms with E-state index in [1.54, 1.807) is 7.11 Å². The number of para-hydroxylation sites is 2. The number of oxazole rings is 1. The van der Waals surface area contributed by atoms with Gasteiger partial charge in [-0.1, -0.05) is 12.1 Å². The van der Waals surface area contributed by atoms with Gasteiger partial charge in [-0.15, -0.1) is 0 Å². The van der Waals surface area contributed by atoms with E-state index in [1.165, 1.54) is 6.26 Å². The minimum Gasteiger partial charge on any atom is -0.495 e. The van der Waals surface area contributed by atoms with E-state index < -0.39 is 5.60 Å². The molecular weight excluding hydrogens is 422 g/mol. The number of methoxy groups -OCH3 is 1. The highest BCUT2D eigenvalue weighted by Crippen LogP contribution is 2.28. The molecule has 0 unspecified atom stereocenters. The Morgan fingerprint density at radius 3 is 2.39 bits per heavy atom. The fourth-order valence-corrected chi connectivity index (χ4v) is 4.53. The number of hydrogen-bond acceptors (Lipinski definition) is 8. The lowest BCUT2D eigenvalue weighted by Gasteiger charge is -2.36. The first-order chi connectivity index (χ1) is 15.8. The van der Waals surface area contributed by atoms with Crippen LogP contribution in [-0.2, 0) is 6.54 Å². The summed E-state index contributed by atoms with van der Waals surface area (Å²) in [6.07, 6.45) is 1.48. The van der Waals surface area contributed by atoms with Gasteiger partial charge in [0.2, 0.25) is 5.89 Å². The van der Waals surface area contributed by atoms with Gasteiger partial charge in [0.25, 0.3) is 5.91 Å². The van der Waals surface area contributed by atoms with E-state index in [2.05, 4.69) is 19.7 Å². The maximum Gasteiger partial charge on any atom is 0.275 e. The van der Waals surface area contributed by atoms with Crippen LogP contribution in [0.5, 0.6) is 5.75 Å². The highest BCUT2D eigenvalue weighted by atomic mass is 16.5. The van der Waals surface area contributed by atoms with Crippen LogP contribution in [0.25, 0.3) is 0 Å². The zero-order valence-electron chi connectivity index (χ0n) is 19.9. The highest BCUT2D eigenvalue weighted by molar-refractivity contribution is 5.92. The van der Waals surface area contributed by atoms with Gasteiger partial charge in [-0.2, -0.15) is 0 Å². The Morgan fingerprint density at radius 2 is 1.73 bits per heavy atom. The third kappa shape index (κ3) is 6.04. The van der Waals surface area contributed by atoms with Crippen LogP contribution in [0.2, 0.25) is 0 Å². The predicted octanol–water partition coefficient (Wildman–Crippen LogP) is 1.53. The molecule has 9 nitrogen and oxygen atoms in total. The van der Waals surface area contributed by atoms with E-state index >= 15 is 0 Å². The summed E-state index contributed by atoms with van der Waals surface area (Å²) < 4.78 is 11.1. The van der Waals surface area contributed by atoms with Crippen molar-refractivity contribution in [2.45, 2.75) is 26.0 Å². The molecule has 9 heteroatoms. The molecule has 0 atom stereocenters. The van der Waals surface area contributed by atoms with Crippen LogP contribution in [0.3, 0.4) is 0 Å². The average Bonchev–Trinajstić information content (AvgIpc) is 3.27. The van der Waals surface area contributed by atoms with Crippen molar-refractivity contribution < 1.29 is 19.1 Å². The second kappa shape index (κ2) is 10.1. The number of carbonyl (C=O) groups excluding carboxylic acids is 1. The smallest absolute Gasteiger partial charge is 0.275 e. The van der Waals surface area contributed by atoms with E-state index in [1.807, 2.05) is 43.0 Å². The first-order valence-corrected chi connectivity index (χ1v) is 11.6. The second-order valence-corrected chi connectivity index (χ2v) is 9.44. The molecule has 2 aliphatic heterocycles. The number of benzene rings is 1. The number of amides is 1. The van der Waals surface area contributed by atoms with Gasteiger partial charge in [0.1, 0.15) is 12.0 Å². The van der Waals surface area contributed by atoms with Crippen LogP contribution < -0.4 is 9.64 Å². The van der Waals surface area contributed by atoms with E-state index in [-0.39, 0.29) is 5.91 Å². The molecule has 0 radical (unpaired) electrons. The summed E-state index contributed by atoms with van der Waals surface area (Å²) in [6, 6.07) is 7.96. The third-order valence-corrected chi connectivity index (χ3v) is 6.20. The van der Waals surface area contributed by atoms with Crippen molar-refractivity contribution in [1.29, 1.82) is 0 Å². The van der Waals surface area contributed by atoms with Gasteiger partial charge in [0.05, 0.1) is 24.9 Å². The summed E-state index contributed by atoms with van der Waals surface area (Å²) in [4.78, 5) is 26.1. The Bertz CT molecular complexity index is 925. The van der Waals surface area contributed by atoms with Crippen molar-refractivity contribution in [3.8, 4) is 5.75 Å². The molecule has 0 aliphatic carbocycles. The minimum atomic E-state index is -0.682. The van der Waals surface area contributed by atoms with Crippen LogP contribution in [0, 0.1) is 0 Å². The largest absolute Gasteiger partial charge is 0.495 e. The van der Waals surface area contributed by atoms with Crippen LogP contribution in [0.1, 0.15) is 30.2 Å². The molecule has 0 spiro atoms.